The summed E-state index contributed by atoms with van der Waals surface area (Å²) in [4.78, 5) is 14.4. The van der Waals surface area contributed by atoms with Crippen molar-refractivity contribution in [3.05, 3.63) is 35.9 Å². The number of hydrogen-bond donors (Lipinski definition) is 1. The van der Waals surface area contributed by atoms with Gasteiger partial charge >= 0.3 is 6.09 Å². The van der Waals surface area contributed by atoms with Crippen LogP contribution in [-0.2, 0) is 11.2 Å². The summed E-state index contributed by atoms with van der Waals surface area (Å²) < 4.78 is 5.59. The van der Waals surface area contributed by atoms with Gasteiger partial charge in [-0.1, -0.05) is 36.8 Å². The number of rotatable bonds is 5. The van der Waals surface area contributed by atoms with Gasteiger partial charge in [0.05, 0.1) is 0 Å². The molecular formula is C21H32N2O2. The summed E-state index contributed by atoms with van der Waals surface area (Å²) in [5.74, 6) is 0.982. The first-order chi connectivity index (χ1) is 11.9. The van der Waals surface area contributed by atoms with E-state index in [4.69, 9.17) is 4.74 Å². The van der Waals surface area contributed by atoms with Crippen LogP contribution in [0.3, 0.4) is 0 Å². The van der Waals surface area contributed by atoms with Crippen molar-refractivity contribution in [2.24, 2.45) is 11.8 Å². The molecule has 1 saturated carbocycles. The number of likely N-dealkylation sites (tertiary alicyclic amines) is 1. The molecule has 1 aromatic rings. The largest absolute Gasteiger partial charge is 0.444 e. The Morgan fingerprint density at radius 2 is 1.84 bits per heavy atom. The number of hydrogen-bond acceptors (Lipinski definition) is 3. The highest BCUT2D eigenvalue weighted by Gasteiger charge is 2.37. The second-order valence-corrected chi connectivity index (χ2v) is 8.63. The molecule has 2 fully saturated rings. The SMILES string of the molecule is CC(C)(C)OC(=O)N1C[C@@H](Cc2ccccc2)[C@@H](CNC2CCC2)C1. The first-order valence-corrected chi connectivity index (χ1v) is 9.66. The van der Waals surface area contributed by atoms with Crippen LogP contribution in [0.25, 0.3) is 0 Å². The van der Waals surface area contributed by atoms with Gasteiger partial charge in [0.15, 0.2) is 0 Å². The summed E-state index contributed by atoms with van der Waals surface area (Å²) in [5, 5.41) is 3.71. The normalized spacial score (nSPS) is 24.2. The van der Waals surface area contributed by atoms with Crippen LogP contribution in [0, 0.1) is 11.8 Å². The van der Waals surface area contributed by atoms with Crippen molar-refractivity contribution in [3.63, 3.8) is 0 Å². The van der Waals surface area contributed by atoms with Crippen molar-refractivity contribution in [2.45, 2.75) is 58.1 Å². The molecule has 25 heavy (non-hydrogen) atoms. The van der Waals surface area contributed by atoms with Crippen molar-refractivity contribution in [3.8, 4) is 0 Å². The predicted molar refractivity (Wildman–Crippen MR) is 101 cm³/mol. The molecule has 0 unspecified atom stereocenters. The van der Waals surface area contributed by atoms with Gasteiger partial charge < -0.3 is 15.0 Å². The van der Waals surface area contributed by atoms with Crippen LogP contribution < -0.4 is 5.32 Å². The van der Waals surface area contributed by atoms with E-state index >= 15 is 0 Å². The maximum absolute atomic E-state index is 12.5. The Kier molecular flexibility index (Phi) is 5.67. The van der Waals surface area contributed by atoms with E-state index in [1.54, 1.807) is 0 Å². The minimum absolute atomic E-state index is 0.170. The molecule has 1 N–H and O–H groups in total. The summed E-state index contributed by atoms with van der Waals surface area (Å²) in [6.45, 7) is 8.38. The van der Waals surface area contributed by atoms with E-state index in [2.05, 4.69) is 35.6 Å². The lowest BCUT2D eigenvalue weighted by Crippen LogP contribution is -2.40. The summed E-state index contributed by atoms with van der Waals surface area (Å²) in [6, 6.07) is 11.3. The van der Waals surface area contributed by atoms with E-state index in [-0.39, 0.29) is 6.09 Å². The van der Waals surface area contributed by atoms with E-state index in [9.17, 15) is 4.79 Å². The highest BCUT2D eigenvalue weighted by atomic mass is 16.6. The number of amides is 1. The first-order valence-electron chi connectivity index (χ1n) is 9.66. The van der Waals surface area contributed by atoms with Crippen molar-refractivity contribution in [1.29, 1.82) is 0 Å². The van der Waals surface area contributed by atoms with Gasteiger partial charge in [-0.25, -0.2) is 4.79 Å². The molecule has 1 amide bonds. The molecule has 0 radical (unpaired) electrons. The lowest BCUT2D eigenvalue weighted by molar-refractivity contribution is 0.0283. The Morgan fingerprint density at radius 3 is 2.44 bits per heavy atom. The molecule has 138 valence electrons. The van der Waals surface area contributed by atoms with Crippen LogP contribution in [0.1, 0.15) is 45.6 Å². The molecular weight excluding hydrogens is 312 g/mol. The summed E-state index contributed by atoms with van der Waals surface area (Å²) >= 11 is 0. The second-order valence-electron chi connectivity index (χ2n) is 8.63. The molecule has 1 saturated heterocycles. The molecule has 0 aromatic heterocycles. The highest BCUT2D eigenvalue weighted by molar-refractivity contribution is 5.68. The van der Waals surface area contributed by atoms with Gasteiger partial charge in [-0.2, -0.15) is 0 Å². The minimum atomic E-state index is -0.436. The molecule has 4 nitrogen and oxygen atoms in total. The van der Waals surface area contributed by atoms with Gasteiger partial charge in [0.25, 0.3) is 0 Å². The standard InChI is InChI=1S/C21H32N2O2/c1-21(2,3)25-20(24)23-14-17(12-16-8-5-4-6-9-16)18(15-23)13-22-19-10-7-11-19/h4-6,8-9,17-19,22H,7,10-15H2,1-3H3/t17-,18+/m1/s1. The van der Waals surface area contributed by atoms with Crippen molar-refractivity contribution >= 4 is 6.09 Å². The molecule has 1 aliphatic heterocycles. The third-order valence-electron chi connectivity index (χ3n) is 5.34. The predicted octanol–water partition coefficient (Wildman–Crippen LogP) is 3.85. The molecule has 1 aromatic carbocycles. The Morgan fingerprint density at radius 1 is 1.16 bits per heavy atom. The summed E-state index contributed by atoms with van der Waals surface area (Å²) in [7, 11) is 0. The molecule has 1 heterocycles. The number of benzene rings is 1. The van der Waals surface area contributed by atoms with Crippen LogP contribution in [0.15, 0.2) is 30.3 Å². The van der Waals surface area contributed by atoms with Crippen molar-refractivity contribution in [1.82, 2.24) is 10.2 Å². The monoisotopic (exact) mass is 344 g/mol. The van der Waals surface area contributed by atoms with E-state index < -0.39 is 5.60 Å². The van der Waals surface area contributed by atoms with Gasteiger partial charge in [-0.05, 0) is 57.4 Å². The smallest absolute Gasteiger partial charge is 0.410 e. The zero-order valence-corrected chi connectivity index (χ0v) is 15.8. The Labute approximate surface area is 151 Å². The topological polar surface area (TPSA) is 41.6 Å². The first kappa shape index (κ1) is 18.2. The molecule has 3 rings (SSSR count). The lowest BCUT2D eigenvalue weighted by atomic mass is 9.88. The van der Waals surface area contributed by atoms with E-state index in [1.165, 1.54) is 24.8 Å². The quantitative estimate of drug-likeness (QED) is 0.882. The second kappa shape index (κ2) is 7.77. The molecule has 0 spiro atoms. The fourth-order valence-corrected chi connectivity index (χ4v) is 3.72. The van der Waals surface area contributed by atoms with Crippen LogP contribution in [-0.4, -0.2) is 42.3 Å². The maximum atomic E-state index is 12.5. The maximum Gasteiger partial charge on any atom is 0.410 e. The van der Waals surface area contributed by atoms with Gasteiger partial charge in [0.2, 0.25) is 0 Å². The van der Waals surface area contributed by atoms with Crippen LogP contribution >= 0.6 is 0 Å². The van der Waals surface area contributed by atoms with Crippen LogP contribution in [0.4, 0.5) is 4.79 Å². The summed E-state index contributed by atoms with van der Waals surface area (Å²) in [6.07, 6.45) is 4.80. The number of carbonyl (C=O) groups is 1. The molecule has 2 aliphatic rings. The van der Waals surface area contributed by atoms with Gasteiger partial charge in [0, 0.05) is 25.7 Å². The van der Waals surface area contributed by atoms with Crippen molar-refractivity contribution < 1.29 is 9.53 Å². The van der Waals surface area contributed by atoms with Gasteiger partial charge in [-0.3, -0.25) is 0 Å². The third kappa shape index (κ3) is 5.21. The third-order valence-corrected chi connectivity index (χ3v) is 5.34. The number of nitrogens with zero attached hydrogens (tertiary/aromatic N) is 1. The molecule has 2 atom stereocenters. The van der Waals surface area contributed by atoms with E-state index in [1.807, 2.05) is 25.7 Å². The average molecular weight is 344 g/mol. The zero-order valence-electron chi connectivity index (χ0n) is 15.8. The fourth-order valence-electron chi connectivity index (χ4n) is 3.72. The Hall–Kier alpha value is -1.55. The Balaban J connectivity index is 1.62. The molecule has 4 heteroatoms. The molecule has 1 aliphatic carbocycles. The number of nitrogens with one attached hydrogen (secondary N) is 1. The highest BCUT2D eigenvalue weighted by Crippen LogP contribution is 2.29. The van der Waals surface area contributed by atoms with Gasteiger partial charge in [-0.15, -0.1) is 0 Å². The van der Waals surface area contributed by atoms with Crippen LogP contribution in [0.2, 0.25) is 0 Å². The van der Waals surface area contributed by atoms with Crippen LogP contribution in [0.5, 0.6) is 0 Å². The number of carbonyl (C=O) groups excluding carboxylic acids is 1. The van der Waals surface area contributed by atoms with E-state index in [0.717, 1.165) is 26.1 Å². The number of ether oxygens (including phenoxy) is 1. The Bertz CT molecular complexity index is 563. The summed E-state index contributed by atoms with van der Waals surface area (Å²) in [5.41, 5.74) is 0.918. The van der Waals surface area contributed by atoms with Gasteiger partial charge in [0.1, 0.15) is 5.60 Å². The average Bonchev–Trinajstić information content (AvgIpc) is 2.88. The fraction of sp³-hybridized carbons (Fsp3) is 0.667. The molecule has 0 bridgehead atoms. The van der Waals surface area contributed by atoms with E-state index in [0.29, 0.717) is 17.9 Å². The zero-order chi connectivity index (χ0) is 17.9. The lowest BCUT2D eigenvalue weighted by Gasteiger charge is -2.29. The minimum Gasteiger partial charge on any atom is -0.444 e. The van der Waals surface area contributed by atoms with Crippen molar-refractivity contribution in [2.75, 3.05) is 19.6 Å².